The van der Waals surface area contributed by atoms with Crippen molar-refractivity contribution in [3.8, 4) is 22.6 Å². The molecule has 1 aliphatic carbocycles. The molecule has 162 valence electrons. The number of hydrogen-bond donors (Lipinski definition) is 0. The van der Waals surface area contributed by atoms with Gasteiger partial charge in [-0.15, -0.1) is 0 Å². The second-order valence-corrected chi connectivity index (χ2v) is 9.25. The first kappa shape index (κ1) is 18.8. The van der Waals surface area contributed by atoms with Crippen molar-refractivity contribution >= 4 is 44.4 Å². The Bertz CT molecular complexity index is 1930. The van der Waals surface area contributed by atoms with Gasteiger partial charge in [0.05, 0.1) is 33.6 Å². The molecule has 4 heterocycles. The van der Waals surface area contributed by atoms with Gasteiger partial charge in [-0.3, -0.25) is 0 Å². The smallest absolute Gasteiger partial charge is 0.0894 e. The van der Waals surface area contributed by atoms with Gasteiger partial charge < -0.3 is 0 Å². The average Bonchev–Trinajstić information content (AvgIpc) is 3.14. The van der Waals surface area contributed by atoms with E-state index in [1.165, 1.54) is 16.7 Å². The second-order valence-electron chi connectivity index (χ2n) is 9.25. The summed E-state index contributed by atoms with van der Waals surface area (Å²) in [5.41, 5.74) is 11.5. The van der Waals surface area contributed by atoms with Crippen molar-refractivity contribution in [2.24, 2.45) is 0 Å². The summed E-state index contributed by atoms with van der Waals surface area (Å²) in [6, 6.07) is 29.8. The minimum absolute atomic E-state index is 0.817. The van der Waals surface area contributed by atoms with Gasteiger partial charge in [0.2, 0.25) is 0 Å². The van der Waals surface area contributed by atoms with Crippen LogP contribution in [0.15, 0.2) is 97.1 Å². The van der Waals surface area contributed by atoms with Crippen molar-refractivity contribution in [1.29, 1.82) is 0 Å². The van der Waals surface area contributed by atoms with Crippen LogP contribution in [0.1, 0.15) is 16.7 Å². The molecular weight excluding hydrogens is 426 g/mol. The number of pyridine rings is 3. The number of aromatic nitrogens is 3. The number of rotatable bonds is 0. The van der Waals surface area contributed by atoms with E-state index in [0.717, 1.165) is 67.3 Å². The van der Waals surface area contributed by atoms with E-state index < -0.39 is 0 Å². The van der Waals surface area contributed by atoms with E-state index in [0.29, 0.717) is 0 Å². The van der Waals surface area contributed by atoms with E-state index in [9.17, 15) is 0 Å². The summed E-state index contributed by atoms with van der Waals surface area (Å²) < 4.78 is 0. The molecule has 0 radical (unpaired) electrons. The van der Waals surface area contributed by atoms with Crippen LogP contribution in [-0.2, 0) is 6.42 Å². The zero-order chi connectivity index (χ0) is 22.9. The third-order valence-corrected chi connectivity index (χ3v) is 7.26. The van der Waals surface area contributed by atoms with Crippen molar-refractivity contribution in [3.63, 3.8) is 0 Å². The summed E-state index contributed by atoms with van der Waals surface area (Å²) >= 11 is 0. The Morgan fingerprint density at radius 2 is 1.09 bits per heavy atom. The standard InChI is InChI=1S/C32H19N3/c1-3-21-13-17-28-29-18-14-22-4-2-6-26(32(22)35-29)27-16-12-23-10-9-19-7-8-20(24(5-1)30(21)34-28)11-15-25(19)31(23)33-27/h1-14,16-18H,15H2. The molecule has 0 amide bonds. The molecular formula is C32H19N3. The van der Waals surface area contributed by atoms with Gasteiger partial charge in [0.1, 0.15) is 0 Å². The predicted octanol–water partition coefficient (Wildman–Crippen LogP) is 7.63. The first-order valence-corrected chi connectivity index (χ1v) is 11.9. The summed E-state index contributed by atoms with van der Waals surface area (Å²) in [5.74, 6) is 0. The Morgan fingerprint density at radius 3 is 1.86 bits per heavy atom. The van der Waals surface area contributed by atoms with E-state index in [2.05, 4.69) is 103 Å². The minimum Gasteiger partial charge on any atom is -0.247 e. The van der Waals surface area contributed by atoms with Crippen LogP contribution in [0.5, 0.6) is 0 Å². The van der Waals surface area contributed by atoms with Crippen molar-refractivity contribution in [2.75, 3.05) is 0 Å². The Morgan fingerprint density at radius 1 is 0.486 bits per heavy atom. The molecule has 0 spiro atoms. The molecule has 0 N–H and O–H groups in total. The monoisotopic (exact) mass is 445 g/mol. The SMILES string of the molecule is C1=Cc2ccc3ccc4nc3c2CC=C1c1cccc2ccc(nc12)-c1ccc2cccc-4c2n1. The Kier molecular flexibility index (Phi) is 3.72. The zero-order valence-corrected chi connectivity index (χ0v) is 18.9. The van der Waals surface area contributed by atoms with Gasteiger partial charge in [0.25, 0.3) is 0 Å². The highest BCUT2D eigenvalue weighted by atomic mass is 14.8. The molecule has 8 rings (SSSR count). The van der Waals surface area contributed by atoms with Crippen LogP contribution in [-0.4, -0.2) is 15.0 Å². The van der Waals surface area contributed by atoms with E-state index >= 15 is 0 Å². The number of benzene rings is 3. The molecule has 3 aromatic heterocycles. The van der Waals surface area contributed by atoms with E-state index in [4.69, 9.17) is 15.0 Å². The van der Waals surface area contributed by atoms with E-state index in [1.807, 2.05) is 0 Å². The first-order chi connectivity index (χ1) is 17.3. The van der Waals surface area contributed by atoms with Crippen LogP contribution in [0.2, 0.25) is 0 Å². The van der Waals surface area contributed by atoms with Gasteiger partial charge in [-0.1, -0.05) is 85.0 Å². The molecule has 0 saturated carbocycles. The first-order valence-electron chi connectivity index (χ1n) is 11.9. The molecule has 8 bridgehead atoms. The lowest BCUT2D eigenvalue weighted by molar-refractivity contribution is 1.26. The average molecular weight is 446 g/mol. The van der Waals surface area contributed by atoms with Crippen molar-refractivity contribution in [2.45, 2.75) is 6.42 Å². The molecule has 0 unspecified atom stereocenters. The highest BCUT2D eigenvalue weighted by Gasteiger charge is 2.16. The van der Waals surface area contributed by atoms with E-state index in [-0.39, 0.29) is 0 Å². The second kappa shape index (κ2) is 6.94. The van der Waals surface area contributed by atoms with Crippen molar-refractivity contribution < 1.29 is 0 Å². The normalized spacial score (nSPS) is 13.7. The third kappa shape index (κ3) is 2.75. The van der Waals surface area contributed by atoms with Crippen LogP contribution in [0.25, 0.3) is 67.0 Å². The largest absolute Gasteiger partial charge is 0.247 e. The van der Waals surface area contributed by atoms with Crippen LogP contribution in [0.4, 0.5) is 0 Å². The van der Waals surface area contributed by atoms with Gasteiger partial charge in [-0.25, -0.2) is 15.0 Å². The van der Waals surface area contributed by atoms with Gasteiger partial charge in [0, 0.05) is 27.3 Å². The molecule has 0 atom stereocenters. The fraction of sp³-hybridized carbons (Fsp3) is 0.0312. The number of hydrogen-bond acceptors (Lipinski definition) is 3. The zero-order valence-electron chi connectivity index (χ0n) is 18.9. The van der Waals surface area contributed by atoms with Crippen LogP contribution < -0.4 is 0 Å². The topological polar surface area (TPSA) is 38.7 Å². The summed E-state index contributed by atoms with van der Waals surface area (Å²) in [4.78, 5) is 15.5. The Labute approximate surface area is 202 Å². The molecule has 6 aromatic rings. The van der Waals surface area contributed by atoms with Gasteiger partial charge in [0.15, 0.2) is 0 Å². The highest BCUT2D eigenvalue weighted by Crippen LogP contribution is 2.35. The van der Waals surface area contributed by atoms with Crippen molar-refractivity contribution in [3.05, 3.63) is 114 Å². The molecule has 0 fully saturated rings. The lowest BCUT2D eigenvalue weighted by Gasteiger charge is -2.12. The van der Waals surface area contributed by atoms with Crippen molar-refractivity contribution in [1.82, 2.24) is 15.0 Å². The quantitative estimate of drug-likeness (QED) is 0.241. The van der Waals surface area contributed by atoms with Gasteiger partial charge in [-0.05, 0) is 41.3 Å². The van der Waals surface area contributed by atoms with E-state index in [1.54, 1.807) is 0 Å². The van der Waals surface area contributed by atoms with Gasteiger partial charge >= 0.3 is 0 Å². The molecule has 1 aliphatic heterocycles. The molecule has 35 heavy (non-hydrogen) atoms. The maximum atomic E-state index is 5.22. The number of para-hydroxylation sites is 2. The fourth-order valence-corrected chi connectivity index (χ4v) is 5.46. The van der Waals surface area contributed by atoms with Crippen LogP contribution in [0.3, 0.4) is 0 Å². The minimum atomic E-state index is 0.817. The molecule has 3 nitrogen and oxygen atoms in total. The van der Waals surface area contributed by atoms with Crippen LogP contribution >= 0.6 is 0 Å². The maximum absolute atomic E-state index is 5.22. The Balaban J connectivity index is 1.56. The molecule has 2 aliphatic rings. The number of fused-ring (bicyclic) bond motifs is 7. The van der Waals surface area contributed by atoms with Crippen LogP contribution in [0, 0.1) is 0 Å². The molecule has 0 saturated heterocycles. The fourth-order valence-electron chi connectivity index (χ4n) is 5.46. The number of nitrogens with zero attached hydrogens (tertiary/aromatic N) is 3. The number of allylic oxidation sites excluding steroid dienone is 3. The summed E-state index contributed by atoms with van der Waals surface area (Å²) in [7, 11) is 0. The maximum Gasteiger partial charge on any atom is 0.0894 e. The summed E-state index contributed by atoms with van der Waals surface area (Å²) in [6.07, 6.45) is 7.58. The highest BCUT2D eigenvalue weighted by molar-refractivity contribution is 5.99. The lowest BCUT2D eigenvalue weighted by atomic mass is 9.99. The molecule has 3 heteroatoms. The molecule has 3 aromatic carbocycles. The lowest BCUT2D eigenvalue weighted by Crippen LogP contribution is -1.95. The summed E-state index contributed by atoms with van der Waals surface area (Å²) in [6.45, 7) is 0. The summed E-state index contributed by atoms with van der Waals surface area (Å²) in [5, 5.41) is 3.39. The third-order valence-electron chi connectivity index (χ3n) is 7.26. The predicted molar refractivity (Wildman–Crippen MR) is 144 cm³/mol. The Hall–Kier alpha value is -4.63. The van der Waals surface area contributed by atoms with Gasteiger partial charge in [-0.2, -0.15) is 0 Å².